The summed E-state index contributed by atoms with van der Waals surface area (Å²) in [5, 5.41) is 9.18. The number of ketones is 1. The van der Waals surface area contributed by atoms with E-state index in [4.69, 9.17) is 9.47 Å². The zero-order valence-electron chi connectivity index (χ0n) is 13.4. The molecule has 23 heavy (non-hydrogen) atoms. The summed E-state index contributed by atoms with van der Waals surface area (Å²) < 4.78 is 12.4. The van der Waals surface area contributed by atoms with Gasteiger partial charge in [-0.05, 0) is 25.0 Å². The quantitative estimate of drug-likeness (QED) is 0.573. The summed E-state index contributed by atoms with van der Waals surface area (Å²) in [6, 6.07) is 5.20. The van der Waals surface area contributed by atoms with Crippen LogP contribution >= 0.6 is 11.8 Å². The van der Waals surface area contributed by atoms with Gasteiger partial charge in [0.25, 0.3) is 0 Å². The van der Waals surface area contributed by atoms with E-state index in [1.807, 2.05) is 11.6 Å². The average Bonchev–Trinajstić information content (AvgIpc) is 3.35. The molecule has 1 aromatic heterocycles. The van der Waals surface area contributed by atoms with Crippen LogP contribution in [0.25, 0.3) is 0 Å². The lowest BCUT2D eigenvalue weighted by Gasteiger charge is -2.09. The van der Waals surface area contributed by atoms with Crippen LogP contribution in [-0.2, 0) is 7.05 Å². The van der Waals surface area contributed by atoms with Crippen molar-refractivity contribution >= 4 is 17.5 Å². The summed E-state index contributed by atoms with van der Waals surface area (Å²) >= 11 is 1.40. The van der Waals surface area contributed by atoms with Gasteiger partial charge in [0.1, 0.15) is 17.3 Å². The molecule has 0 unspecified atom stereocenters. The predicted octanol–water partition coefficient (Wildman–Crippen LogP) is 2.68. The summed E-state index contributed by atoms with van der Waals surface area (Å²) in [7, 11) is 5.08. The Bertz CT molecular complexity index is 725. The van der Waals surface area contributed by atoms with E-state index in [0.29, 0.717) is 28.7 Å². The average molecular weight is 333 g/mol. The number of benzene rings is 1. The third kappa shape index (κ3) is 3.34. The maximum Gasteiger partial charge on any atom is 0.191 e. The van der Waals surface area contributed by atoms with Crippen LogP contribution in [0.1, 0.15) is 34.9 Å². The SMILES string of the molecule is COc1ccc(C(=O)CSc2nnc(C3CC3)n2C)c(OC)c1. The lowest BCUT2D eigenvalue weighted by atomic mass is 10.1. The molecule has 1 heterocycles. The van der Waals surface area contributed by atoms with Gasteiger partial charge in [0.15, 0.2) is 10.9 Å². The minimum Gasteiger partial charge on any atom is -0.497 e. The van der Waals surface area contributed by atoms with Crippen LogP contribution in [0.2, 0.25) is 0 Å². The molecule has 0 N–H and O–H groups in total. The Labute approximate surface area is 139 Å². The second-order valence-electron chi connectivity index (χ2n) is 5.45. The van der Waals surface area contributed by atoms with Gasteiger partial charge in [0.2, 0.25) is 0 Å². The second kappa shape index (κ2) is 6.62. The number of hydrogen-bond acceptors (Lipinski definition) is 6. The first-order chi connectivity index (χ1) is 11.1. The predicted molar refractivity (Wildman–Crippen MR) is 87.6 cm³/mol. The number of rotatable bonds is 7. The molecule has 1 aliphatic carbocycles. The van der Waals surface area contributed by atoms with Crippen molar-refractivity contribution in [1.29, 1.82) is 0 Å². The third-order valence-electron chi connectivity index (χ3n) is 3.85. The maximum atomic E-state index is 12.5. The van der Waals surface area contributed by atoms with Crippen LogP contribution in [0, 0.1) is 0 Å². The van der Waals surface area contributed by atoms with Crippen molar-refractivity contribution in [2.45, 2.75) is 23.9 Å². The number of thioether (sulfide) groups is 1. The molecule has 7 heteroatoms. The van der Waals surface area contributed by atoms with Crippen molar-refractivity contribution in [3.63, 3.8) is 0 Å². The number of nitrogens with zero attached hydrogens (tertiary/aromatic N) is 3. The topological polar surface area (TPSA) is 66.2 Å². The van der Waals surface area contributed by atoms with E-state index < -0.39 is 0 Å². The van der Waals surface area contributed by atoms with E-state index in [-0.39, 0.29) is 5.78 Å². The third-order valence-corrected chi connectivity index (χ3v) is 4.87. The first kappa shape index (κ1) is 15.9. The van der Waals surface area contributed by atoms with E-state index in [1.165, 1.54) is 24.6 Å². The van der Waals surface area contributed by atoms with E-state index in [9.17, 15) is 4.79 Å². The van der Waals surface area contributed by atoms with Crippen LogP contribution < -0.4 is 9.47 Å². The zero-order chi connectivity index (χ0) is 16.4. The Morgan fingerprint density at radius 1 is 1.30 bits per heavy atom. The molecule has 6 nitrogen and oxygen atoms in total. The van der Waals surface area contributed by atoms with Gasteiger partial charge in [-0.15, -0.1) is 10.2 Å². The lowest BCUT2D eigenvalue weighted by Crippen LogP contribution is -2.06. The van der Waals surface area contributed by atoms with Crippen LogP contribution in [0.3, 0.4) is 0 Å². The van der Waals surface area contributed by atoms with Gasteiger partial charge < -0.3 is 14.0 Å². The van der Waals surface area contributed by atoms with Gasteiger partial charge >= 0.3 is 0 Å². The molecule has 0 amide bonds. The molecule has 0 atom stereocenters. The molecule has 1 saturated carbocycles. The van der Waals surface area contributed by atoms with Gasteiger partial charge in [0.05, 0.1) is 25.5 Å². The fourth-order valence-electron chi connectivity index (χ4n) is 2.39. The van der Waals surface area contributed by atoms with Crippen molar-refractivity contribution in [1.82, 2.24) is 14.8 Å². The number of hydrogen-bond donors (Lipinski definition) is 0. The van der Waals surface area contributed by atoms with Crippen molar-refractivity contribution < 1.29 is 14.3 Å². The summed E-state index contributed by atoms with van der Waals surface area (Å²) in [6.45, 7) is 0. The Morgan fingerprint density at radius 3 is 2.74 bits per heavy atom. The fourth-order valence-corrected chi connectivity index (χ4v) is 3.19. The highest BCUT2D eigenvalue weighted by atomic mass is 32.2. The number of methoxy groups -OCH3 is 2. The first-order valence-electron chi connectivity index (χ1n) is 7.41. The normalized spacial score (nSPS) is 13.9. The minimum atomic E-state index is -0.00882. The van der Waals surface area contributed by atoms with Crippen LogP contribution in [0.4, 0.5) is 0 Å². The van der Waals surface area contributed by atoms with E-state index in [1.54, 1.807) is 32.4 Å². The van der Waals surface area contributed by atoms with Gasteiger partial charge in [-0.2, -0.15) is 0 Å². The molecule has 0 bridgehead atoms. The summed E-state index contributed by atoms with van der Waals surface area (Å²) in [5.41, 5.74) is 0.547. The second-order valence-corrected chi connectivity index (χ2v) is 6.39. The molecule has 0 saturated heterocycles. The molecule has 1 fully saturated rings. The molecule has 0 aliphatic heterocycles. The molecule has 1 aromatic carbocycles. The van der Waals surface area contributed by atoms with Gasteiger partial charge in [0, 0.05) is 19.0 Å². The monoisotopic (exact) mass is 333 g/mol. The van der Waals surface area contributed by atoms with Gasteiger partial charge in [-0.1, -0.05) is 11.8 Å². The lowest BCUT2D eigenvalue weighted by molar-refractivity contribution is 0.101. The van der Waals surface area contributed by atoms with Crippen molar-refractivity contribution in [3.05, 3.63) is 29.6 Å². The number of Topliss-reactive ketones (excluding diaryl/α,β-unsaturated/α-hetero) is 1. The van der Waals surface area contributed by atoms with Crippen molar-refractivity contribution in [2.75, 3.05) is 20.0 Å². The van der Waals surface area contributed by atoms with E-state index >= 15 is 0 Å². The summed E-state index contributed by atoms with van der Waals surface area (Å²) in [6.07, 6.45) is 2.36. The minimum absolute atomic E-state index is 0.00882. The Morgan fingerprint density at radius 2 is 2.09 bits per heavy atom. The number of ether oxygens (including phenoxy) is 2. The zero-order valence-corrected chi connectivity index (χ0v) is 14.2. The van der Waals surface area contributed by atoms with E-state index in [2.05, 4.69) is 10.2 Å². The number of carbonyl (C=O) groups excluding carboxylic acids is 1. The highest BCUT2D eigenvalue weighted by Gasteiger charge is 2.29. The fraction of sp³-hybridized carbons (Fsp3) is 0.438. The Hall–Kier alpha value is -2.02. The summed E-state index contributed by atoms with van der Waals surface area (Å²) in [4.78, 5) is 12.5. The number of carbonyl (C=O) groups is 1. The Balaban J connectivity index is 1.69. The molecule has 0 radical (unpaired) electrons. The summed E-state index contributed by atoms with van der Waals surface area (Å²) in [5.74, 6) is 3.02. The van der Waals surface area contributed by atoms with Gasteiger partial charge in [-0.25, -0.2) is 0 Å². The molecule has 2 aromatic rings. The van der Waals surface area contributed by atoms with Crippen molar-refractivity contribution in [3.8, 4) is 11.5 Å². The largest absolute Gasteiger partial charge is 0.497 e. The van der Waals surface area contributed by atoms with Crippen LogP contribution in [0.15, 0.2) is 23.4 Å². The first-order valence-corrected chi connectivity index (χ1v) is 8.40. The molecule has 3 rings (SSSR count). The Kier molecular flexibility index (Phi) is 4.56. The van der Waals surface area contributed by atoms with Crippen LogP contribution in [-0.4, -0.2) is 40.5 Å². The molecule has 0 spiro atoms. The number of aromatic nitrogens is 3. The van der Waals surface area contributed by atoms with Crippen LogP contribution in [0.5, 0.6) is 11.5 Å². The molecule has 122 valence electrons. The smallest absolute Gasteiger partial charge is 0.191 e. The molecule has 1 aliphatic rings. The molecular formula is C16H19N3O3S. The highest BCUT2D eigenvalue weighted by molar-refractivity contribution is 7.99. The van der Waals surface area contributed by atoms with Crippen molar-refractivity contribution in [2.24, 2.45) is 7.05 Å². The highest BCUT2D eigenvalue weighted by Crippen LogP contribution is 2.39. The maximum absolute atomic E-state index is 12.5. The standard InChI is InChI=1S/C16H19N3O3S/c1-19-15(10-4-5-10)17-18-16(19)23-9-13(20)12-7-6-11(21-2)8-14(12)22-3/h6-8,10H,4-5,9H2,1-3H3. The molecular weight excluding hydrogens is 314 g/mol. The van der Waals surface area contributed by atoms with Gasteiger partial charge in [-0.3, -0.25) is 4.79 Å². The van der Waals surface area contributed by atoms with E-state index in [0.717, 1.165) is 11.0 Å².